The van der Waals surface area contributed by atoms with Gasteiger partial charge in [0.1, 0.15) is 5.75 Å². The van der Waals surface area contributed by atoms with Gasteiger partial charge < -0.3 is 19.1 Å². The van der Waals surface area contributed by atoms with Gasteiger partial charge in [-0.05, 0) is 18.1 Å². The van der Waals surface area contributed by atoms with Gasteiger partial charge in [0.2, 0.25) is 17.6 Å². The maximum absolute atomic E-state index is 13.0. The smallest absolute Gasteiger partial charge is 0.451 e. The Bertz CT molecular complexity index is 991. The molecular weight excluding hydrogens is 415 g/mol. The molecule has 0 saturated carbocycles. The minimum atomic E-state index is -4.59. The van der Waals surface area contributed by atoms with Gasteiger partial charge in [-0.25, -0.2) is 0 Å². The molecule has 0 unspecified atom stereocenters. The van der Waals surface area contributed by atoms with E-state index in [9.17, 15) is 22.8 Å². The third kappa shape index (κ3) is 4.21. The first-order chi connectivity index (χ1) is 14.8. The van der Waals surface area contributed by atoms with Gasteiger partial charge in [-0.2, -0.15) is 13.2 Å². The van der Waals surface area contributed by atoms with E-state index in [-0.39, 0.29) is 43.7 Å². The van der Waals surface area contributed by atoms with Crippen molar-refractivity contribution < 1.29 is 27.5 Å². The van der Waals surface area contributed by atoms with E-state index < -0.39 is 17.9 Å². The van der Waals surface area contributed by atoms with Gasteiger partial charge in [-0.3, -0.25) is 9.59 Å². The lowest BCUT2D eigenvalue weighted by Crippen LogP contribution is -2.43. The lowest BCUT2D eigenvalue weighted by Gasteiger charge is -2.30. The zero-order chi connectivity index (χ0) is 22.2. The van der Waals surface area contributed by atoms with Gasteiger partial charge in [-0.15, -0.1) is 10.2 Å². The van der Waals surface area contributed by atoms with Crippen LogP contribution >= 0.6 is 0 Å². The lowest BCUT2D eigenvalue weighted by molar-refractivity contribution is -0.148. The summed E-state index contributed by atoms with van der Waals surface area (Å²) in [6.07, 6.45) is -3.89. The maximum Gasteiger partial charge on any atom is 0.451 e. The number of amides is 2. The average molecular weight is 437 g/mol. The summed E-state index contributed by atoms with van der Waals surface area (Å²) in [6, 6.07) is 7.55. The fourth-order valence-corrected chi connectivity index (χ4v) is 4.13. The van der Waals surface area contributed by atoms with E-state index in [4.69, 9.17) is 4.74 Å². The third-order valence-corrected chi connectivity index (χ3v) is 5.73. The summed E-state index contributed by atoms with van der Waals surface area (Å²) in [5.74, 6) is -1.06. The largest absolute Gasteiger partial charge is 0.496 e. The standard InChI is InChI=1S/C20H22F3N5O3/c1-31-15-5-3-2-4-13(15)6-7-26-11-14(10-17(26)29)18(30)27-8-9-28-16(12-27)24-25-19(28)20(21,22)23/h2-5,14H,6-12H2,1H3/t14-/m1/s1. The highest BCUT2D eigenvalue weighted by atomic mass is 19.4. The van der Waals surface area contributed by atoms with Gasteiger partial charge in [0.15, 0.2) is 5.82 Å². The molecule has 0 aliphatic carbocycles. The molecule has 3 heterocycles. The second-order valence-corrected chi connectivity index (χ2v) is 7.65. The molecule has 2 aliphatic heterocycles. The summed E-state index contributed by atoms with van der Waals surface area (Å²) >= 11 is 0. The van der Waals surface area contributed by atoms with E-state index in [1.807, 2.05) is 24.3 Å². The van der Waals surface area contributed by atoms with E-state index in [0.717, 1.165) is 15.9 Å². The summed E-state index contributed by atoms with van der Waals surface area (Å²) in [7, 11) is 1.59. The fraction of sp³-hybridized carbons (Fsp3) is 0.500. The summed E-state index contributed by atoms with van der Waals surface area (Å²) < 4.78 is 45.3. The van der Waals surface area contributed by atoms with Crippen molar-refractivity contribution in [2.45, 2.75) is 32.1 Å². The monoisotopic (exact) mass is 437 g/mol. The quantitative estimate of drug-likeness (QED) is 0.712. The van der Waals surface area contributed by atoms with Crippen molar-refractivity contribution >= 4 is 11.8 Å². The molecule has 8 nitrogen and oxygen atoms in total. The van der Waals surface area contributed by atoms with E-state index in [0.29, 0.717) is 19.5 Å². The Morgan fingerprint density at radius 1 is 1.23 bits per heavy atom. The minimum Gasteiger partial charge on any atom is -0.496 e. The number of carbonyl (C=O) groups is 2. The van der Waals surface area contributed by atoms with Crippen molar-refractivity contribution in [3.05, 3.63) is 41.5 Å². The van der Waals surface area contributed by atoms with Crippen LogP contribution < -0.4 is 4.74 Å². The van der Waals surface area contributed by atoms with Gasteiger partial charge in [0.05, 0.1) is 19.6 Å². The zero-order valence-corrected chi connectivity index (χ0v) is 16.9. The highest BCUT2D eigenvalue weighted by molar-refractivity contribution is 5.89. The van der Waals surface area contributed by atoms with E-state index in [2.05, 4.69) is 10.2 Å². The van der Waals surface area contributed by atoms with Crippen LogP contribution in [0.4, 0.5) is 13.2 Å². The van der Waals surface area contributed by atoms with Crippen LogP contribution in [-0.4, -0.2) is 63.1 Å². The second kappa shape index (κ2) is 8.20. The predicted octanol–water partition coefficient (Wildman–Crippen LogP) is 1.74. The first-order valence-electron chi connectivity index (χ1n) is 9.95. The molecule has 11 heteroatoms. The SMILES string of the molecule is COc1ccccc1CCN1C[C@H](C(=O)N2CCn3c(nnc3C(F)(F)F)C2)CC1=O. The normalized spacial score (nSPS) is 19.0. The zero-order valence-electron chi connectivity index (χ0n) is 16.9. The Kier molecular flexibility index (Phi) is 5.59. The second-order valence-electron chi connectivity index (χ2n) is 7.65. The van der Waals surface area contributed by atoms with Crippen molar-refractivity contribution in [2.75, 3.05) is 26.7 Å². The molecule has 166 valence electrons. The Morgan fingerprint density at radius 3 is 2.74 bits per heavy atom. The highest BCUT2D eigenvalue weighted by Gasteiger charge is 2.41. The number of alkyl halides is 3. The Morgan fingerprint density at radius 2 is 2.00 bits per heavy atom. The van der Waals surface area contributed by atoms with Crippen molar-refractivity contribution in [2.24, 2.45) is 5.92 Å². The van der Waals surface area contributed by atoms with E-state index >= 15 is 0 Å². The number of halogens is 3. The highest BCUT2D eigenvalue weighted by Crippen LogP contribution is 2.30. The number of hydrogen-bond acceptors (Lipinski definition) is 5. The number of fused-ring (bicyclic) bond motifs is 1. The molecule has 4 rings (SSSR count). The molecule has 1 aromatic heterocycles. The van der Waals surface area contributed by atoms with Crippen molar-refractivity contribution in [1.82, 2.24) is 24.6 Å². The number of para-hydroxylation sites is 1. The molecule has 31 heavy (non-hydrogen) atoms. The average Bonchev–Trinajstić information content (AvgIpc) is 3.34. The summed E-state index contributed by atoms with van der Waals surface area (Å²) in [5.41, 5.74) is 0.975. The Labute approximate surface area is 176 Å². The van der Waals surface area contributed by atoms with E-state index in [1.165, 1.54) is 4.90 Å². The van der Waals surface area contributed by atoms with Gasteiger partial charge >= 0.3 is 6.18 Å². The Hall–Kier alpha value is -3.11. The number of methoxy groups -OCH3 is 1. The topological polar surface area (TPSA) is 80.6 Å². The first-order valence-corrected chi connectivity index (χ1v) is 9.95. The Balaban J connectivity index is 1.37. The molecule has 0 radical (unpaired) electrons. The van der Waals surface area contributed by atoms with Crippen LogP contribution in [0.3, 0.4) is 0 Å². The molecule has 0 spiro atoms. The van der Waals surface area contributed by atoms with Crippen LogP contribution in [-0.2, 0) is 35.3 Å². The maximum atomic E-state index is 13.0. The molecule has 1 atom stereocenters. The molecule has 1 saturated heterocycles. The molecule has 1 aromatic carbocycles. The van der Waals surface area contributed by atoms with Crippen molar-refractivity contribution in [3.8, 4) is 5.75 Å². The molecule has 2 aliphatic rings. The van der Waals surface area contributed by atoms with Gasteiger partial charge in [-0.1, -0.05) is 18.2 Å². The number of carbonyl (C=O) groups excluding carboxylic acids is 2. The molecule has 1 fully saturated rings. The van der Waals surface area contributed by atoms with Crippen LogP contribution in [0.15, 0.2) is 24.3 Å². The summed E-state index contributed by atoms with van der Waals surface area (Å²) in [5, 5.41) is 6.83. The van der Waals surface area contributed by atoms with Crippen LogP contribution in [0.25, 0.3) is 0 Å². The number of ether oxygens (including phenoxy) is 1. The van der Waals surface area contributed by atoms with Crippen LogP contribution in [0.1, 0.15) is 23.6 Å². The molecule has 2 amide bonds. The molecular formula is C20H22F3N5O3. The third-order valence-electron chi connectivity index (χ3n) is 5.73. The molecule has 0 bridgehead atoms. The number of likely N-dealkylation sites (tertiary alicyclic amines) is 1. The predicted molar refractivity (Wildman–Crippen MR) is 102 cm³/mol. The number of hydrogen-bond donors (Lipinski definition) is 0. The van der Waals surface area contributed by atoms with Crippen LogP contribution in [0.5, 0.6) is 5.75 Å². The summed E-state index contributed by atoms with van der Waals surface area (Å²) in [6.45, 7) is 0.809. The number of nitrogens with zero attached hydrogens (tertiary/aromatic N) is 5. The number of aromatic nitrogens is 3. The first kappa shape index (κ1) is 21.1. The van der Waals surface area contributed by atoms with E-state index in [1.54, 1.807) is 12.0 Å². The number of rotatable bonds is 5. The number of benzene rings is 1. The van der Waals surface area contributed by atoms with Crippen LogP contribution in [0, 0.1) is 5.92 Å². The lowest BCUT2D eigenvalue weighted by atomic mass is 10.1. The molecule has 0 N–H and O–H groups in total. The molecule has 2 aromatic rings. The van der Waals surface area contributed by atoms with Crippen molar-refractivity contribution in [1.29, 1.82) is 0 Å². The van der Waals surface area contributed by atoms with Gasteiger partial charge in [0.25, 0.3) is 0 Å². The minimum absolute atomic E-state index is 0.0267. The van der Waals surface area contributed by atoms with Crippen molar-refractivity contribution in [3.63, 3.8) is 0 Å². The fourth-order valence-electron chi connectivity index (χ4n) is 4.13. The summed E-state index contributed by atoms with van der Waals surface area (Å²) in [4.78, 5) is 28.5. The van der Waals surface area contributed by atoms with Gasteiger partial charge in [0, 0.05) is 32.6 Å². The van der Waals surface area contributed by atoms with Crippen LogP contribution in [0.2, 0.25) is 0 Å².